The average Bonchev–Trinajstić information content (AvgIpc) is 3.05. The molecule has 1 aliphatic carbocycles. The summed E-state index contributed by atoms with van der Waals surface area (Å²) in [5.41, 5.74) is -0.0930. The van der Waals surface area contributed by atoms with Gasteiger partial charge in [0.1, 0.15) is 0 Å². The quantitative estimate of drug-likeness (QED) is 0.313. The van der Waals surface area contributed by atoms with E-state index in [4.69, 9.17) is 0 Å². The van der Waals surface area contributed by atoms with Crippen molar-refractivity contribution in [2.45, 2.75) is 64.8 Å². The third kappa shape index (κ3) is 4.61. The highest BCUT2D eigenvalue weighted by atomic mass is 19.1. The molecule has 0 aromatic heterocycles. The van der Waals surface area contributed by atoms with Crippen LogP contribution in [0.3, 0.4) is 0 Å². The monoisotopic (exact) mass is 239 g/mol. The zero-order valence-electron chi connectivity index (χ0n) is 11.3. The second kappa shape index (κ2) is 7.62. The Morgan fingerprint density at radius 1 is 1.29 bits per heavy atom. The highest BCUT2D eigenvalue weighted by molar-refractivity contribution is 5.57. The van der Waals surface area contributed by atoms with Crippen LogP contribution in [0.1, 0.15) is 58.8 Å². The van der Waals surface area contributed by atoms with Crippen molar-refractivity contribution in [1.29, 1.82) is 0 Å². The van der Waals surface area contributed by atoms with Gasteiger partial charge in [-0.1, -0.05) is 32.4 Å². The number of nitrogens with zero attached hydrogens (tertiary/aromatic N) is 1. The Labute approximate surface area is 105 Å². The molecule has 0 N–H and O–H groups in total. The van der Waals surface area contributed by atoms with Crippen LogP contribution in [0.5, 0.6) is 0 Å². The van der Waals surface area contributed by atoms with Crippen LogP contribution in [-0.4, -0.2) is 18.9 Å². The van der Waals surface area contributed by atoms with Gasteiger partial charge >= 0.3 is 0 Å². The third-order valence-electron chi connectivity index (χ3n) is 3.55. The van der Waals surface area contributed by atoms with Crippen molar-refractivity contribution in [2.24, 2.45) is 10.4 Å². The topological polar surface area (TPSA) is 12.4 Å². The minimum absolute atomic E-state index is 0.0930. The van der Waals surface area contributed by atoms with Gasteiger partial charge < -0.3 is 0 Å². The van der Waals surface area contributed by atoms with Gasteiger partial charge in [0.05, 0.1) is 12.7 Å². The molecule has 2 unspecified atom stereocenters. The summed E-state index contributed by atoms with van der Waals surface area (Å²) < 4.78 is 13.0. The van der Waals surface area contributed by atoms with E-state index in [1.54, 1.807) is 0 Å². The van der Waals surface area contributed by atoms with Gasteiger partial charge in [0.2, 0.25) is 0 Å². The van der Waals surface area contributed by atoms with Crippen LogP contribution in [0, 0.1) is 5.41 Å². The number of unbranched alkanes of at least 4 members (excludes halogenated alkanes) is 2. The Balaban J connectivity index is 2.19. The Morgan fingerprint density at radius 3 is 2.71 bits per heavy atom. The molecule has 0 heterocycles. The Kier molecular flexibility index (Phi) is 6.46. The third-order valence-corrected chi connectivity index (χ3v) is 3.55. The molecule has 1 saturated carbocycles. The fourth-order valence-corrected chi connectivity index (χ4v) is 2.22. The molecule has 0 aromatic rings. The first-order chi connectivity index (χ1) is 8.29. The Bertz CT molecular complexity index is 260. The lowest BCUT2D eigenvalue weighted by molar-refractivity contribution is 0.310. The smallest absolute Gasteiger partial charge is 0.0971 e. The molecule has 1 rings (SSSR count). The summed E-state index contributed by atoms with van der Waals surface area (Å²) in [6, 6.07) is 0.270. The van der Waals surface area contributed by atoms with E-state index in [2.05, 4.69) is 31.0 Å². The predicted octanol–water partition coefficient (Wildman–Crippen LogP) is 4.72. The molecular formula is C15H26FN. The van der Waals surface area contributed by atoms with Crippen LogP contribution < -0.4 is 0 Å². The van der Waals surface area contributed by atoms with Crippen LogP contribution in [0.2, 0.25) is 0 Å². The minimum Gasteiger partial charge on any atom is -0.294 e. The van der Waals surface area contributed by atoms with Crippen molar-refractivity contribution in [2.75, 3.05) is 6.67 Å². The van der Waals surface area contributed by atoms with Crippen molar-refractivity contribution in [3.05, 3.63) is 12.2 Å². The van der Waals surface area contributed by atoms with Crippen LogP contribution in [0.4, 0.5) is 4.39 Å². The van der Waals surface area contributed by atoms with Gasteiger partial charge in [0.15, 0.2) is 0 Å². The second-order valence-electron chi connectivity index (χ2n) is 5.11. The molecule has 2 heteroatoms. The highest BCUT2D eigenvalue weighted by Crippen LogP contribution is 2.52. The summed E-state index contributed by atoms with van der Waals surface area (Å²) in [4.78, 5) is 4.42. The number of rotatable bonds is 9. The first-order valence-corrected chi connectivity index (χ1v) is 7.01. The zero-order valence-corrected chi connectivity index (χ0v) is 11.3. The van der Waals surface area contributed by atoms with E-state index < -0.39 is 0 Å². The summed E-state index contributed by atoms with van der Waals surface area (Å²) in [6.45, 7) is 4.06. The van der Waals surface area contributed by atoms with Gasteiger partial charge in [-0.15, -0.1) is 0 Å². The van der Waals surface area contributed by atoms with Gasteiger partial charge in [-0.2, -0.15) is 0 Å². The van der Waals surface area contributed by atoms with Gasteiger partial charge in [0.25, 0.3) is 0 Å². The molecule has 0 saturated heterocycles. The normalized spacial score (nSPS) is 28.3. The standard InChI is InChI=1S/C15H26FN/c1-3-5-6-7-8-9-10-15(13-16)12-14(15)17-11-4-2/h6-7,11,14H,3-5,8-10,12-13H2,1-2H3. The molecule has 0 spiro atoms. The maximum atomic E-state index is 13.0. The molecule has 0 radical (unpaired) electrons. The molecule has 2 atom stereocenters. The van der Waals surface area contributed by atoms with Crippen molar-refractivity contribution in [1.82, 2.24) is 0 Å². The summed E-state index contributed by atoms with van der Waals surface area (Å²) in [7, 11) is 0. The van der Waals surface area contributed by atoms with Gasteiger partial charge in [-0.05, 0) is 44.7 Å². The van der Waals surface area contributed by atoms with E-state index in [-0.39, 0.29) is 18.1 Å². The van der Waals surface area contributed by atoms with Crippen LogP contribution in [-0.2, 0) is 0 Å². The maximum Gasteiger partial charge on any atom is 0.0971 e. The van der Waals surface area contributed by atoms with Crippen molar-refractivity contribution in [3.63, 3.8) is 0 Å². The number of alkyl halides is 1. The first kappa shape index (κ1) is 14.4. The number of halogens is 1. The fourth-order valence-electron chi connectivity index (χ4n) is 2.22. The Morgan fingerprint density at radius 2 is 2.06 bits per heavy atom. The number of allylic oxidation sites excluding steroid dienone is 2. The molecule has 0 aromatic carbocycles. The molecule has 98 valence electrons. The van der Waals surface area contributed by atoms with Gasteiger partial charge in [-0.25, -0.2) is 0 Å². The van der Waals surface area contributed by atoms with E-state index >= 15 is 0 Å². The summed E-state index contributed by atoms with van der Waals surface area (Å²) in [6.07, 6.45) is 13.9. The molecule has 1 nitrogen and oxygen atoms in total. The molecule has 0 aliphatic heterocycles. The largest absolute Gasteiger partial charge is 0.294 e. The van der Waals surface area contributed by atoms with Crippen molar-refractivity contribution < 1.29 is 4.39 Å². The first-order valence-electron chi connectivity index (χ1n) is 7.01. The maximum absolute atomic E-state index is 13.0. The van der Waals surface area contributed by atoms with Gasteiger partial charge in [0, 0.05) is 5.41 Å². The van der Waals surface area contributed by atoms with E-state index in [0.29, 0.717) is 0 Å². The van der Waals surface area contributed by atoms with E-state index in [9.17, 15) is 4.39 Å². The zero-order chi connectivity index (χ0) is 12.6. The van der Waals surface area contributed by atoms with Gasteiger partial charge in [-0.3, -0.25) is 9.38 Å². The van der Waals surface area contributed by atoms with Crippen LogP contribution in [0.15, 0.2) is 17.1 Å². The lowest BCUT2D eigenvalue weighted by Crippen LogP contribution is -2.08. The average molecular weight is 239 g/mol. The molecule has 0 amide bonds. The minimum atomic E-state index is -0.197. The molecular weight excluding hydrogens is 213 g/mol. The Hall–Kier alpha value is -0.660. The number of hydrogen-bond donors (Lipinski definition) is 0. The highest BCUT2D eigenvalue weighted by Gasteiger charge is 2.53. The van der Waals surface area contributed by atoms with Crippen LogP contribution >= 0.6 is 0 Å². The lowest BCUT2D eigenvalue weighted by atomic mass is 9.99. The summed E-state index contributed by atoms with van der Waals surface area (Å²) >= 11 is 0. The van der Waals surface area contributed by atoms with Crippen molar-refractivity contribution in [3.8, 4) is 0 Å². The molecule has 1 aliphatic rings. The molecule has 17 heavy (non-hydrogen) atoms. The number of hydrogen-bond acceptors (Lipinski definition) is 1. The number of aliphatic imine (C=N–C) groups is 1. The fraction of sp³-hybridized carbons (Fsp3) is 0.800. The van der Waals surface area contributed by atoms with E-state index in [1.165, 1.54) is 6.42 Å². The van der Waals surface area contributed by atoms with E-state index in [0.717, 1.165) is 38.5 Å². The molecule has 1 fully saturated rings. The SMILES string of the molecule is CCC=NC1CC1(CF)CCCC=CCCC. The summed E-state index contributed by atoms with van der Waals surface area (Å²) in [5, 5.41) is 0. The van der Waals surface area contributed by atoms with Crippen molar-refractivity contribution >= 4 is 6.21 Å². The van der Waals surface area contributed by atoms with Crippen LogP contribution in [0.25, 0.3) is 0 Å². The molecule has 0 bridgehead atoms. The predicted molar refractivity (Wildman–Crippen MR) is 73.5 cm³/mol. The second-order valence-corrected chi connectivity index (χ2v) is 5.11. The lowest BCUT2D eigenvalue weighted by Gasteiger charge is -2.09. The van der Waals surface area contributed by atoms with E-state index in [1.807, 2.05) is 6.21 Å². The summed E-state index contributed by atoms with van der Waals surface area (Å²) in [5.74, 6) is 0.